The van der Waals surface area contributed by atoms with Crippen LogP contribution in [0.2, 0.25) is 0 Å². The van der Waals surface area contributed by atoms with Crippen molar-refractivity contribution in [3.8, 4) is 0 Å². The van der Waals surface area contributed by atoms with E-state index in [4.69, 9.17) is 5.73 Å². The van der Waals surface area contributed by atoms with E-state index in [1.165, 1.54) is 30.7 Å². The maximum Gasteiger partial charge on any atom is 0.338 e. The minimum absolute atomic E-state index is 0. The Labute approximate surface area is 176 Å². The SMILES string of the molecule is CCCCCc1ccc(C(=O)NC(=O)N(S)c2ccc(C(N)=O)cc2)cc1.Cl. The number of carbonyl (C=O) groups is 3. The third-order valence-corrected chi connectivity index (χ3v) is 4.51. The molecule has 0 bridgehead atoms. The summed E-state index contributed by atoms with van der Waals surface area (Å²) in [6, 6.07) is 12.5. The summed E-state index contributed by atoms with van der Waals surface area (Å²) >= 11 is 4.10. The Morgan fingerprint density at radius 2 is 1.54 bits per heavy atom. The normalized spacial score (nSPS) is 9.93. The van der Waals surface area contributed by atoms with Gasteiger partial charge >= 0.3 is 6.03 Å². The molecule has 28 heavy (non-hydrogen) atoms. The van der Waals surface area contributed by atoms with Crippen LogP contribution in [0.4, 0.5) is 10.5 Å². The topological polar surface area (TPSA) is 92.5 Å². The molecule has 0 atom stereocenters. The number of imide groups is 1. The van der Waals surface area contributed by atoms with Crippen LogP contribution in [0.3, 0.4) is 0 Å². The van der Waals surface area contributed by atoms with Crippen LogP contribution < -0.4 is 15.4 Å². The summed E-state index contributed by atoms with van der Waals surface area (Å²) in [6.07, 6.45) is 4.42. The fourth-order valence-electron chi connectivity index (χ4n) is 2.51. The van der Waals surface area contributed by atoms with Crippen molar-refractivity contribution in [1.29, 1.82) is 0 Å². The number of primary amides is 1. The second-order valence-electron chi connectivity index (χ2n) is 6.14. The van der Waals surface area contributed by atoms with Gasteiger partial charge in [-0.1, -0.05) is 44.7 Å². The minimum Gasteiger partial charge on any atom is -0.366 e. The zero-order valence-corrected chi connectivity index (χ0v) is 17.3. The first kappa shape index (κ1) is 23.5. The summed E-state index contributed by atoms with van der Waals surface area (Å²) in [4.78, 5) is 35.5. The van der Waals surface area contributed by atoms with Crippen molar-refractivity contribution in [2.24, 2.45) is 5.73 Å². The Kier molecular flexibility index (Phi) is 9.55. The number of hydrogen-bond donors (Lipinski definition) is 3. The van der Waals surface area contributed by atoms with Crippen LogP contribution in [-0.2, 0) is 6.42 Å². The Balaban J connectivity index is 0.00000392. The molecule has 0 heterocycles. The van der Waals surface area contributed by atoms with E-state index in [0.29, 0.717) is 16.8 Å². The second-order valence-corrected chi connectivity index (χ2v) is 6.54. The summed E-state index contributed by atoms with van der Waals surface area (Å²) in [5, 5.41) is 2.28. The van der Waals surface area contributed by atoms with Gasteiger partial charge in [0.15, 0.2) is 0 Å². The first-order chi connectivity index (χ1) is 12.9. The predicted octanol–water partition coefficient (Wildman–Crippen LogP) is 4.14. The van der Waals surface area contributed by atoms with E-state index in [1.807, 2.05) is 12.1 Å². The molecule has 2 aromatic carbocycles. The zero-order chi connectivity index (χ0) is 19.8. The first-order valence-corrected chi connectivity index (χ1v) is 9.15. The highest BCUT2D eigenvalue weighted by molar-refractivity contribution is 7.82. The lowest BCUT2D eigenvalue weighted by Crippen LogP contribution is -2.38. The van der Waals surface area contributed by atoms with Gasteiger partial charge in [-0.05, 0) is 54.8 Å². The van der Waals surface area contributed by atoms with E-state index >= 15 is 0 Å². The molecule has 0 radical (unpaired) electrons. The molecule has 0 saturated carbocycles. The van der Waals surface area contributed by atoms with Gasteiger partial charge in [-0.2, -0.15) is 0 Å². The van der Waals surface area contributed by atoms with Gasteiger partial charge in [0, 0.05) is 11.1 Å². The van der Waals surface area contributed by atoms with Crippen molar-refractivity contribution in [3.05, 3.63) is 65.2 Å². The molecule has 0 saturated heterocycles. The quantitative estimate of drug-likeness (QED) is 0.463. The highest BCUT2D eigenvalue weighted by atomic mass is 35.5. The number of rotatable bonds is 7. The van der Waals surface area contributed by atoms with Crippen molar-refractivity contribution in [2.45, 2.75) is 32.6 Å². The van der Waals surface area contributed by atoms with Crippen LogP contribution in [0.1, 0.15) is 52.5 Å². The van der Waals surface area contributed by atoms with Gasteiger partial charge in [0.25, 0.3) is 5.91 Å². The number of carbonyl (C=O) groups excluding carboxylic acids is 3. The molecule has 0 spiro atoms. The number of nitrogens with zero attached hydrogens (tertiary/aromatic N) is 1. The molecule has 3 N–H and O–H groups in total. The molecule has 0 aliphatic carbocycles. The number of aryl methyl sites for hydroxylation is 1. The number of benzene rings is 2. The van der Waals surface area contributed by atoms with Crippen LogP contribution in [0.25, 0.3) is 0 Å². The molecule has 0 aliphatic rings. The van der Waals surface area contributed by atoms with E-state index in [1.54, 1.807) is 12.1 Å². The van der Waals surface area contributed by atoms with Crippen LogP contribution in [0.15, 0.2) is 48.5 Å². The molecule has 8 heteroatoms. The number of urea groups is 1. The highest BCUT2D eigenvalue weighted by Crippen LogP contribution is 2.17. The average molecular weight is 422 g/mol. The van der Waals surface area contributed by atoms with Crippen LogP contribution in [0.5, 0.6) is 0 Å². The molecule has 150 valence electrons. The van der Waals surface area contributed by atoms with Crippen LogP contribution in [0, 0.1) is 0 Å². The summed E-state index contributed by atoms with van der Waals surface area (Å²) in [5.41, 5.74) is 7.46. The van der Waals surface area contributed by atoms with Crippen molar-refractivity contribution in [3.63, 3.8) is 0 Å². The molecule has 2 rings (SSSR count). The molecule has 0 aliphatic heterocycles. The average Bonchev–Trinajstić information content (AvgIpc) is 2.68. The summed E-state index contributed by atoms with van der Waals surface area (Å²) < 4.78 is 0.988. The third-order valence-electron chi connectivity index (χ3n) is 4.09. The standard InChI is InChI=1S/C20H23N3O3S.ClH/c1-2-3-4-5-14-6-8-16(9-7-14)19(25)22-20(26)23(27)17-12-10-15(11-13-17)18(21)24;/h6-13,27H,2-5H2,1H3,(H2,21,24)(H,22,25,26);1H. The Morgan fingerprint density at radius 1 is 0.964 bits per heavy atom. The third kappa shape index (κ3) is 6.58. The first-order valence-electron chi connectivity index (χ1n) is 8.75. The number of hydrogen-bond acceptors (Lipinski definition) is 4. The summed E-state index contributed by atoms with van der Waals surface area (Å²) in [7, 11) is 0. The van der Waals surface area contributed by atoms with Crippen molar-refractivity contribution in [2.75, 3.05) is 4.31 Å². The predicted molar refractivity (Wildman–Crippen MR) is 116 cm³/mol. The lowest BCUT2D eigenvalue weighted by Gasteiger charge is -2.16. The molecule has 4 amide bonds. The largest absolute Gasteiger partial charge is 0.366 e. The Bertz CT molecular complexity index is 810. The molecular weight excluding hydrogens is 398 g/mol. The van der Waals surface area contributed by atoms with Gasteiger partial charge < -0.3 is 5.73 Å². The van der Waals surface area contributed by atoms with E-state index in [9.17, 15) is 14.4 Å². The highest BCUT2D eigenvalue weighted by Gasteiger charge is 2.16. The molecule has 0 unspecified atom stereocenters. The Morgan fingerprint density at radius 3 is 2.07 bits per heavy atom. The summed E-state index contributed by atoms with van der Waals surface area (Å²) in [5.74, 6) is -1.07. The maximum absolute atomic E-state index is 12.3. The number of nitrogens with one attached hydrogen (secondary N) is 1. The van der Waals surface area contributed by atoms with Gasteiger partial charge in [0.05, 0.1) is 5.69 Å². The molecule has 0 aromatic heterocycles. The second kappa shape index (κ2) is 11.4. The van der Waals surface area contributed by atoms with Gasteiger partial charge in [-0.3, -0.25) is 14.9 Å². The number of unbranched alkanes of at least 4 members (excludes halogenated alkanes) is 2. The minimum atomic E-state index is -0.692. The lowest BCUT2D eigenvalue weighted by atomic mass is 10.1. The molecule has 6 nitrogen and oxygen atoms in total. The number of anilines is 1. The van der Waals surface area contributed by atoms with Gasteiger partial charge in [0.2, 0.25) is 5.91 Å². The lowest BCUT2D eigenvalue weighted by molar-refractivity contribution is 0.0964. The number of amides is 4. The fourth-order valence-corrected chi connectivity index (χ4v) is 2.69. The number of thiol groups is 1. The summed E-state index contributed by atoms with van der Waals surface area (Å²) in [6.45, 7) is 2.15. The number of nitrogens with two attached hydrogens (primary N) is 1. The van der Waals surface area contributed by atoms with E-state index in [0.717, 1.165) is 29.1 Å². The van der Waals surface area contributed by atoms with E-state index < -0.39 is 17.8 Å². The fraction of sp³-hybridized carbons (Fsp3) is 0.250. The van der Waals surface area contributed by atoms with Gasteiger partial charge in [0.1, 0.15) is 0 Å². The maximum atomic E-state index is 12.3. The van der Waals surface area contributed by atoms with Gasteiger partial charge in [-0.25, -0.2) is 9.10 Å². The molecule has 0 fully saturated rings. The monoisotopic (exact) mass is 421 g/mol. The van der Waals surface area contributed by atoms with Crippen molar-refractivity contribution in [1.82, 2.24) is 5.32 Å². The van der Waals surface area contributed by atoms with Crippen LogP contribution in [-0.4, -0.2) is 17.8 Å². The van der Waals surface area contributed by atoms with Crippen molar-refractivity contribution >= 4 is 48.8 Å². The Hall–Kier alpha value is -2.51. The molecule has 2 aromatic rings. The van der Waals surface area contributed by atoms with Gasteiger partial charge in [-0.15, -0.1) is 12.4 Å². The smallest absolute Gasteiger partial charge is 0.338 e. The van der Waals surface area contributed by atoms with E-state index in [2.05, 4.69) is 25.1 Å². The van der Waals surface area contributed by atoms with Crippen LogP contribution >= 0.6 is 25.2 Å². The number of halogens is 1. The molecular formula is C20H24ClN3O3S. The zero-order valence-electron chi connectivity index (χ0n) is 15.6. The van der Waals surface area contributed by atoms with Crippen molar-refractivity contribution < 1.29 is 14.4 Å². The van der Waals surface area contributed by atoms with E-state index in [-0.39, 0.29) is 12.4 Å².